The summed E-state index contributed by atoms with van der Waals surface area (Å²) in [5.41, 5.74) is 3.92. The van der Waals surface area contributed by atoms with Crippen molar-refractivity contribution in [3.05, 3.63) is 71.1 Å². The average Bonchev–Trinajstić information content (AvgIpc) is 3.34. The molecule has 1 unspecified atom stereocenters. The third-order valence-electron chi connectivity index (χ3n) is 5.10. The van der Waals surface area contributed by atoms with Gasteiger partial charge in [-0.2, -0.15) is 4.98 Å². The van der Waals surface area contributed by atoms with Crippen LogP contribution in [0.5, 0.6) is 0 Å². The van der Waals surface area contributed by atoms with Gasteiger partial charge in [-0.25, -0.2) is 4.39 Å². The molecule has 0 N–H and O–H groups in total. The van der Waals surface area contributed by atoms with Gasteiger partial charge >= 0.3 is 0 Å². The van der Waals surface area contributed by atoms with Crippen molar-refractivity contribution in [2.24, 2.45) is 5.16 Å². The number of nitrogens with zero attached hydrogens (tertiary/aromatic N) is 4. The minimum atomic E-state index is -0.397. The highest BCUT2D eigenvalue weighted by atomic mass is 19.1. The number of aryl methyl sites for hydroxylation is 2. The summed E-state index contributed by atoms with van der Waals surface area (Å²) in [7, 11) is 1.47. The maximum Gasteiger partial charge on any atom is 0.254 e. The molecule has 1 aliphatic heterocycles. The van der Waals surface area contributed by atoms with Crippen molar-refractivity contribution in [1.29, 1.82) is 0 Å². The zero-order chi connectivity index (χ0) is 21.3. The lowest BCUT2D eigenvalue weighted by atomic mass is 9.99. The smallest absolute Gasteiger partial charge is 0.254 e. The monoisotopic (exact) mass is 408 g/mol. The van der Waals surface area contributed by atoms with Gasteiger partial charge in [0, 0.05) is 12.0 Å². The van der Waals surface area contributed by atoms with Crippen LogP contribution in [0.25, 0.3) is 11.1 Å². The van der Waals surface area contributed by atoms with E-state index in [1.54, 1.807) is 30.0 Å². The molecule has 1 saturated heterocycles. The van der Waals surface area contributed by atoms with Gasteiger partial charge in [0.2, 0.25) is 5.89 Å². The molecule has 154 valence electrons. The largest absolute Gasteiger partial charge is 0.399 e. The summed E-state index contributed by atoms with van der Waals surface area (Å²) in [6.07, 6.45) is 0.466. The molecule has 0 saturated carbocycles. The first-order valence-electron chi connectivity index (χ1n) is 9.53. The second-order valence-electron chi connectivity index (χ2n) is 7.21. The Morgan fingerprint density at radius 3 is 2.63 bits per heavy atom. The fraction of sp³-hybridized carbons (Fsp3) is 0.273. The first kappa shape index (κ1) is 19.8. The molecule has 8 heteroatoms. The lowest BCUT2D eigenvalue weighted by molar-refractivity contribution is 0.0713. The fourth-order valence-corrected chi connectivity index (χ4v) is 3.69. The van der Waals surface area contributed by atoms with Gasteiger partial charge in [-0.1, -0.05) is 28.5 Å². The van der Waals surface area contributed by atoms with Crippen molar-refractivity contribution >= 4 is 11.6 Å². The first-order chi connectivity index (χ1) is 14.5. The highest BCUT2D eigenvalue weighted by molar-refractivity contribution is 6.00. The van der Waals surface area contributed by atoms with Gasteiger partial charge in [-0.15, -0.1) is 0 Å². The summed E-state index contributed by atoms with van der Waals surface area (Å²) >= 11 is 0. The lowest BCUT2D eigenvalue weighted by Gasteiger charge is -2.21. The van der Waals surface area contributed by atoms with Crippen LogP contribution in [-0.2, 0) is 4.84 Å². The Morgan fingerprint density at radius 2 is 2.00 bits per heavy atom. The Labute approximate surface area is 173 Å². The number of carbonyl (C=O) groups is 1. The number of benzene rings is 2. The van der Waals surface area contributed by atoms with E-state index in [0.29, 0.717) is 30.2 Å². The zero-order valence-corrected chi connectivity index (χ0v) is 16.9. The second kappa shape index (κ2) is 8.06. The number of halogens is 1. The highest BCUT2D eigenvalue weighted by Gasteiger charge is 2.38. The van der Waals surface area contributed by atoms with Crippen LogP contribution in [0.3, 0.4) is 0 Å². The van der Waals surface area contributed by atoms with Crippen LogP contribution in [0, 0.1) is 19.7 Å². The molecule has 30 heavy (non-hydrogen) atoms. The minimum absolute atomic E-state index is 0.167. The van der Waals surface area contributed by atoms with Crippen molar-refractivity contribution in [3.8, 4) is 11.1 Å². The van der Waals surface area contributed by atoms with E-state index in [-0.39, 0.29) is 11.7 Å². The summed E-state index contributed by atoms with van der Waals surface area (Å²) in [4.78, 5) is 24.1. The van der Waals surface area contributed by atoms with Crippen LogP contribution in [0.2, 0.25) is 0 Å². The molecule has 1 atom stereocenters. The topological polar surface area (TPSA) is 80.8 Å². The predicted octanol–water partition coefficient (Wildman–Crippen LogP) is 4.08. The summed E-state index contributed by atoms with van der Waals surface area (Å²) in [6, 6.07) is 11.5. The molecule has 2 heterocycles. The molecule has 1 fully saturated rings. The molecule has 3 aromatic rings. The van der Waals surface area contributed by atoms with Crippen LogP contribution >= 0.6 is 0 Å². The maximum atomic E-state index is 13.4. The Kier molecular flexibility index (Phi) is 5.31. The van der Waals surface area contributed by atoms with Gasteiger partial charge in [-0.05, 0) is 54.8 Å². The van der Waals surface area contributed by atoms with Crippen molar-refractivity contribution in [3.63, 3.8) is 0 Å². The van der Waals surface area contributed by atoms with Crippen molar-refractivity contribution in [1.82, 2.24) is 15.0 Å². The Bertz CT molecular complexity index is 1110. The van der Waals surface area contributed by atoms with Crippen LogP contribution in [-0.4, -0.2) is 40.3 Å². The number of carbonyl (C=O) groups excluding carboxylic acids is 1. The number of hydrogen-bond donors (Lipinski definition) is 0. The predicted molar refractivity (Wildman–Crippen MR) is 108 cm³/mol. The quantitative estimate of drug-likeness (QED) is 0.608. The van der Waals surface area contributed by atoms with Crippen LogP contribution in [0.1, 0.15) is 40.1 Å². The molecule has 1 amide bonds. The molecule has 7 nitrogen and oxygen atoms in total. The standard InChI is InChI=1S/C22H21FN4O3/c1-13-10-17(23)8-9-19(13)15-4-6-16(7-5-15)22(28)27-12-18(26-29-3)11-20(27)21-24-14(2)25-30-21/h4-10,20H,11-12H2,1-3H3/b26-18+. The zero-order valence-electron chi connectivity index (χ0n) is 16.9. The third-order valence-corrected chi connectivity index (χ3v) is 5.10. The van der Waals surface area contributed by atoms with E-state index in [9.17, 15) is 9.18 Å². The lowest BCUT2D eigenvalue weighted by Crippen LogP contribution is -2.31. The number of rotatable bonds is 4. The van der Waals surface area contributed by atoms with Crippen molar-refractivity contribution < 1.29 is 18.5 Å². The van der Waals surface area contributed by atoms with Crippen LogP contribution < -0.4 is 0 Å². The molecule has 0 aliphatic carbocycles. The Morgan fingerprint density at radius 1 is 1.23 bits per heavy atom. The van der Waals surface area contributed by atoms with Crippen LogP contribution in [0.4, 0.5) is 4.39 Å². The van der Waals surface area contributed by atoms with E-state index in [2.05, 4.69) is 15.3 Å². The number of amides is 1. The van der Waals surface area contributed by atoms with E-state index >= 15 is 0 Å². The van der Waals surface area contributed by atoms with Crippen molar-refractivity contribution in [2.75, 3.05) is 13.7 Å². The van der Waals surface area contributed by atoms with Crippen molar-refractivity contribution in [2.45, 2.75) is 26.3 Å². The van der Waals surface area contributed by atoms with Gasteiger partial charge in [0.05, 0.1) is 12.3 Å². The number of aromatic nitrogens is 2. The highest BCUT2D eigenvalue weighted by Crippen LogP contribution is 2.32. The van der Waals surface area contributed by atoms with E-state index in [1.165, 1.54) is 19.2 Å². The van der Waals surface area contributed by atoms with E-state index < -0.39 is 6.04 Å². The Hall–Kier alpha value is -3.55. The van der Waals surface area contributed by atoms with Gasteiger partial charge in [0.1, 0.15) is 19.0 Å². The number of oxime groups is 1. The maximum absolute atomic E-state index is 13.4. The molecule has 0 radical (unpaired) electrons. The Balaban J connectivity index is 1.61. The van der Waals surface area contributed by atoms with E-state index in [4.69, 9.17) is 9.36 Å². The van der Waals surface area contributed by atoms with Gasteiger partial charge in [-0.3, -0.25) is 4.79 Å². The first-order valence-corrected chi connectivity index (χ1v) is 9.53. The molecular weight excluding hydrogens is 387 g/mol. The molecule has 4 rings (SSSR count). The fourth-order valence-electron chi connectivity index (χ4n) is 3.69. The molecule has 1 aromatic heterocycles. The van der Waals surface area contributed by atoms with Gasteiger partial charge < -0.3 is 14.3 Å². The SMILES string of the molecule is CO/N=C1\CC(c2nc(C)no2)N(C(=O)c2ccc(-c3ccc(F)cc3C)cc2)C1. The summed E-state index contributed by atoms with van der Waals surface area (Å²) < 4.78 is 18.7. The number of hydrogen-bond acceptors (Lipinski definition) is 6. The summed E-state index contributed by atoms with van der Waals surface area (Å²) in [5.74, 6) is 0.446. The van der Waals surface area contributed by atoms with Crippen LogP contribution in [0.15, 0.2) is 52.1 Å². The second-order valence-corrected chi connectivity index (χ2v) is 7.21. The number of likely N-dealkylation sites (tertiary alicyclic amines) is 1. The third kappa shape index (κ3) is 3.80. The molecule has 2 aromatic carbocycles. The summed E-state index contributed by atoms with van der Waals surface area (Å²) in [5, 5.41) is 7.84. The van der Waals surface area contributed by atoms with Gasteiger partial charge in [0.25, 0.3) is 5.91 Å². The molecule has 1 aliphatic rings. The summed E-state index contributed by atoms with van der Waals surface area (Å²) in [6.45, 7) is 3.90. The normalized spacial score (nSPS) is 17.5. The molecular formula is C22H21FN4O3. The molecule has 0 bridgehead atoms. The van der Waals surface area contributed by atoms with Gasteiger partial charge in [0.15, 0.2) is 5.82 Å². The van der Waals surface area contributed by atoms with E-state index in [0.717, 1.165) is 22.4 Å². The van der Waals surface area contributed by atoms with E-state index in [1.807, 2.05) is 19.1 Å². The minimum Gasteiger partial charge on any atom is -0.399 e. The molecule has 0 spiro atoms. The average molecular weight is 408 g/mol.